The Balaban J connectivity index is 1.64. The number of nitrogens with zero attached hydrogens (tertiary/aromatic N) is 1. The number of fused-ring (bicyclic) bond motifs is 1. The van der Waals surface area contributed by atoms with E-state index in [9.17, 15) is 4.79 Å². The van der Waals surface area contributed by atoms with Crippen molar-refractivity contribution in [3.8, 4) is 0 Å². The molecule has 0 spiro atoms. The zero-order chi connectivity index (χ0) is 24.5. The highest BCUT2D eigenvalue weighted by molar-refractivity contribution is 6.42. The summed E-state index contributed by atoms with van der Waals surface area (Å²) >= 11 is 12.3. The van der Waals surface area contributed by atoms with Crippen molar-refractivity contribution < 1.29 is 4.79 Å². The van der Waals surface area contributed by atoms with Crippen LogP contribution in [0.25, 0.3) is 10.9 Å². The molecule has 3 aromatic carbocycles. The number of H-pyrrole nitrogens is 1. The van der Waals surface area contributed by atoms with Gasteiger partial charge in [-0.3, -0.25) is 4.79 Å². The van der Waals surface area contributed by atoms with Gasteiger partial charge < -0.3 is 9.88 Å². The van der Waals surface area contributed by atoms with E-state index in [1.807, 2.05) is 42.3 Å². The number of hydrogen-bond donors (Lipinski definition) is 1. The van der Waals surface area contributed by atoms with Gasteiger partial charge in [-0.15, -0.1) is 0 Å². The number of aromatic amines is 1. The molecule has 0 fully saturated rings. The average molecular weight is 493 g/mol. The number of carbonyl (C=O) groups is 1. The summed E-state index contributed by atoms with van der Waals surface area (Å²) in [4.78, 5) is 19.0. The van der Waals surface area contributed by atoms with Gasteiger partial charge in [-0.1, -0.05) is 74.3 Å². The predicted molar refractivity (Wildman–Crippen MR) is 143 cm³/mol. The molecule has 0 saturated carbocycles. The highest BCUT2D eigenvalue weighted by atomic mass is 35.5. The predicted octanol–water partition coefficient (Wildman–Crippen LogP) is 7.97. The molecule has 0 atom stereocenters. The highest BCUT2D eigenvalue weighted by Gasteiger charge is 2.21. The number of benzene rings is 3. The topological polar surface area (TPSA) is 36.1 Å². The van der Waals surface area contributed by atoms with Crippen molar-refractivity contribution in [2.75, 3.05) is 6.54 Å². The minimum Gasteiger partial charge on any atom is -0.361 e. The van der Waals surface area contributed by atoms with Crippen LogP contribution in [0.2, 0.25) is 10.0 Å². The van der Waals surface area contributed by atoms with Gasteiger partial charge in [0.2, 0.25) is 0 Å². The number of aromatic nitrogens is 1. The summed E-state index contributed by atoms with van der Waals surface area (Å²) in [7, 11) is 0. The van der Waals surface area contributed by atoms with Gasteiger partial charge in [0, 0.05) is 24.7 Å². The van der Waals surface area contributed by atoms with E-state index in [-0.39, 0.29) is 11.3 Å². The van der Waals surface area contributed by atoms with Crippen LogP contribution in [0.4, 0.5) is 0 Å². The van der Waals surface area contributed by atoms with E-state index in [1.54, 1.807) is 6.07 Å². The van der Waals surface area contributed by atoms with Gasteiger partial charge in [0.25, 0.3) is 5.91 Å². The number of nitrogens with one attached hydrogen (secondary N) is 1. The van der Waals surface area contributed by atoms with E-state index in [0.29, 0.717) is 35.1 Å². The number of rotatable bonds is 6. The molecule has 4 rings (SSSR count). The van der Waals surface area contributed by atoms with E-state index in [4.69, 9.17) is 23.2 Å². The van der Waals surface area contributed by atoms with Crippen LogP contribution in [0.15, 0.2) is 66.9 Å². The lowest BCUT2D eigenvalue weighted by atomic mass is 9.87. The van der Waals surface area contributed by atoms with Crippen LogP contribution in [0.3, 0.4) is 0 Å². The lowest BCUT2D eigenvalue weighted by Crippen LogP contribution is -2.32. The maximum Gasteiger partial charge on any atom is 0.256 e. The number of hydrogen-bond acceptors (Lipinski definition) is 1. The van der Waals surface area contributed by atoms with Crippen molar-refractivity contribution in [3.63, 3.8) is 0 Å². The Kier molecular flexibility index (Phi) is 7.06. The lowest BCUT2D eigenvalue weighted by Gasteiger charge is -2.25. The first kappa shape index (κ1) is 24.4. The van der Waals surface area contributed by atoms with Gasteiger partial charge >= 0.3 is 0 Å². The Bertz CT molecular complexity index is 1320. The molecule has 0 bridgehead atoms. The maximum absolute atomic E-state index is 13.8. The normalized spacial score (nSPS) is 11.7. The number of amides is 1. The van der Waals surface area contributed by atoms with E-state index in [2.05, 4.69) is 56.1 Å². The van der Waals surface area contributed by atoms with Crippen LogP contribution in [-0.4, -0.2) is 22.3 Å². The molecule has 1 aromatic heterocycles. The SMILES string of the molecule is Cc1cc(C(=O)N(CCc2ccc(Cl)c(Cl)c2)Cc2ccc(C(C)(C)C)cc2)c2[nH]ccc2c1. The molecule has 0 radical (unpaired) electrons. The molecule has 1 amide bonds. The van der Waals surface area contributed by atoms with Crippen molar-refractivity contribution in [2.45, 2.75) is 46.1 Å². The fraction of sp³-hybridized carbons (Fsp3) is 0.276. The highest BCUT2D eigenvalue weighted by Crippen LogP contribution is 2.26. The number of aryl methyl sites for hydroxylation is 1. The van der Waals surface area contributed by atoms with Crippen LogP contribution in [0, 0.1) is 6.92 Å². The smallest absolute Gasteiger partial charge is 0.256 e. The standard InChI is InChI=1S/C29H30Cl2N2O/c1-19-15-22-11-13-32-27(22)24(16-19)28(34)33(14-12-20-7-10-25(30)26(31)17-20)18-21-5-8-23(9-6-21)29(2,3)4/h5-11,13,15-17,32H,12,14,18H2,1-4H3. The molecular weight excluding hydrogens is 463 g/mol. The summed E-state index contributed by atoms with van der Waals surface area (Å²) in [6.45, 7) is 9.72. The van der Waals surface area contributed by atoms with E-state index in [0.717, 1.165) is 27.6 Å². The van der Waals surface area contributed by atoms with Crippen LogP contribution < -0.4 is 0 Å². The maximum atomic E-state index is 13.8. The summed E-state index contributed by atoms with van der Waals surface area (Å²) in [5.74, 6) is 0.0103. The molecule has 34 heavy (non-hydrogen) atoms. The van der Waals surface area contributed by atoms with Crippen LogP contribution in [0.5, 0.6) is 0 Å². The van der Waals surface area contributed by atoms with Crippen molar-refractivity contribution in [1.29, 1.82) is 0 Å². The van der Waals surface area contributed by atoms with Crippen molar-refractivity contribution >= 4 is 40.0 Å². The van der Waals surface area contributed by atoms with E-state index in [1.165, 1.54) is 5.56 Å². The van der Waals surface area contributed by atoms with Gasteiger partial charge in [-0.25, -0.2) is 0 Å². The second-order valence-corrected chi connectivity index (χ2v) is 10.7. The Hall–Kier alpha value is -2.75. The summed E-state index contributed by atoms with van der Waals surface area (Å²) in [5, 5.41) is 2.11. The molecule has 0 unspecified atom stereocenters. The van der Waals surface area contributed by atoms with Crippen LogP contribution in [0.1, 0.15) is 53.4 Å². The van der Waals surface area contributed by atoms with Crippen molar-refractivity contribution in [3.05, 3.63) is 105 Å². The first-order chi connectivity index (χ1) is 16.1. The zero-order valence-corrected chi connectivity index (χ0v) is 21.6. The lowest BCUT2D eigenvalue weighted by molar-refractivity contribution is 0.0747. The Morgan fingerprint density at radius 1 is 0.912 bits per heavy atom. The van der Waals surface area contributed by atoms with Gasteiger partial charge in [0.1, 0.15) is 0 Å². The first-order valence-corrected chi connectivity index (χ1v) is 12.3. The minimum atomic E-state index is 0.0103. The molecule has 0 aliphatic rings. The molecule has 1 heterocycles. The van der Waals surface area contributed by atoms with Gasteiger partial charge in [-0.05, 0) is 71.3 Å². The van der Waals surface area contributed by atoms with E-state index < -0.39 is 0 Å². The largest absolute Gasteiger partial charge is 0.361 e. The summed E-state index contributed by atoms with van der Waals surface area (Å²) in [6, 6.07) is 20.3. The third-order valence-electron chi connectivity index (χ3n) is 6.17. The van der Waals surface area contributed by atoms with Crippen LogP contribution in [-0.2, 0) is 18.4 Å². The monoisotopic (exact) mass is 492 g/mol. The molecule has 3 nitrogen and oxygen atoms in total. The van der Waals surface area contributed by atoms with Crippen LogP contribution >= 0.6 is 23.2 Å². The fourth-order valence-corrected chi connectivity index (χ4v) is 4.52. The van der Waals surface area contributed by atoms with Crippen molar-refractivity contribution in [1.82, 2.24) is 9.88 Å². The molecule has 0 saturated heterocycles. The Morgan fingerprint density at radius 2 is 1.62 bits per heavy atom. The molecule has 176 valence electrons. The van der Waals surface area contributed by atoms with Gasteiger partial charge in [0.05, 0.1) is 21.1 Å². The fourth-order valence-electron chi connectivity index (χ4n) is 4.20. The summed E-state index contributed by atoms with van der Waals surface area (Å²) in [6.07, 6.45) is 2.56. The van der Waals surface area contributed by atoms with Gasteiger partial charge in [0.15, 0.2) is 0 Å². The van der Waals surface area contributed by atoms with E-state index >= 15 is 0 Å². The Labute approximate surface area is 211 Å². The number of carbonyl (C=O) groups excluding carboxylic acids is 1. The second kappa shape index (κ2) is 9.85. The average Bonchev–Trinajstić information content (AvgIpc) is 3.26. The second-order valence-electron chi connectivity index (χ2n) is 9.93. The molecule has 0 aliphatic carbocycles. The molecule has 1 N–H and O–H groups in total. The Morgan fingerprint density at radius 3 is 2.29 bits per heavy atom. The molecule has 5 heteroatoms. The van der Waals surface area contributed by atoms with Crippen molar-refractivity contribution in [2.24, 2.45) is 0 Å². The third kappa shape index (κ3) is 5.48. The third-order valence-corrected chi connectivity index (χ3v) is 6.91. The molecule has 4 aromatic rings. The summed E-state index contributed by atoms with van der Waals surface area (Å²) in [5.41, 5.74) is 6.14. The zero-order valence-electron chi connectivity index (χ0n) is 20.1. The summed E-state index contributed by atoms with van der Waals surface area (Å²) < 4.78 is 0. The molecular formula is C29H30Cl2N2O. The molecule has 0 aliphatic heterocycles. The first-order valence-electron chi connectivity index (χ1n) is 11.5. The van der Waals surface area contributed by atoms with Gasteiger partial charge in [-0.2, -0.15) is 0 Å². The quantitative estimate of drug-likeness (QED) is 0.291. The minimum absolute atomic E-state index is 0.0103. The number of halogens is 2.